The van der Waals surface area contributed by atoms with Crippen molar-refractivity contribution in [3.05, 3.63) is 57.5 Å². The lowest BCUT2D eigenvalue weighted by molar-refractivity contribution is 0.0697. The number of aromatic carboxylic acids is 1. The summed E-state index contributed by atoms with van der Waals surface area (Å²) < 4.78 is 27.3. The first kappa shape index (κ1) is 15.8. The van der Waals surface area contributed by atoms with E-state index in [9.17, 15) is 13.2 Å². The van der Waals surface area contributed by atoms with Crippen molar-refractivity contribution in [2.24, 2.45) is 0 Å². The number of sulfonamides is 1. The fourth-order valence-corrected chi connectivity index (χ4v) is 3.88. The van der Waals surface area contributed by atoms with Crippen LogP contribution in [0.15, 0.2) is 51.8 Å². The van der Waals surface area contributed by atoms with Crippen LogP contribution in [0.2, 0.25) is 5.02 Å². The summed E-state index contributed by atoms with van der Waals surface area (Å²) in [6, 6.07) is 10.2. The van der Waals surface area contributed by atoms with E-state index in [1.807, 2.05) is 0 Å². The largest absolute Gasteiger partial charge is 0.478 e. The highest BCUT2D eigenvalue weighted by molar-refractivity contribution is 9.10. The molecule has 0 unspecified atom stereocenters. The zero-order valence-corrected chi connectivity index (χ0v) is 13.5. The summed E-state index contributed by atoms with van der Waals surface area (Å²) in [6.45, 7) is 0. The molecule has 0 atom stereocenters. The van der Waals surface area contributed by atoms with Crippen LogP contribution in [-0.4, -0.2) is 19.5 Å². The van der Waals surface area contributed by atoms with Gasteiger partial charge in [0.1, 0.15) is 4.90 Å². The molecule has 0 saturated heterocycles. The summed E-state index contributed by atoms with van der Waals surface area (Å²) in [6.07, 6.45) is 0. The van der Waals surface area contributed by atoms with Crippen molar-refractivity contribution in [1.82, 2.24) is 0 Å². The molecule has 2 aromatic carbocycles. The third-order valence-electron chi connectivity index (χ3n) is 2.58. The number of carboxylic acids is 1. The average Bonchev–Trinajstić information content (AvgIpc) is 2.40. The van der Waals surface area contributed by atoms with E-state index in [1.165, 1.54) is 24.3 Å². The smallest absolute Gasteiger partial charge is 0.337 e. The van der Waals surface area contributed by atoms with Crippen LogP contribution in [-0.2, 0) is 10.0 Å². The molecule has 8 heteroatoms. The summed E-state index contributed by atoms with van der Waals surface area (Å²) in [5.74, 6) is -1.23. The van der Waals surface area contributed by atoms with Crippen LogP contribution in [0.3, 0.4) is 0 Å². The second kappa shape index (κ2) is 6.05. The van der Waals surface area contributed by atoms with E-state index in [-0.39, 0.29) is 21.2 Å². The quantitative estimate of drug-likeness (QED) is 0.835. The van der Waals surface area contributed by atoms with Crippen LogP contribution in [0.4, 0.5) is 5.69 Å². The molecular formula is C13H9BrClNO4S. The Bertz CT molecular complexity index is 808. The Labute approximate surface area is 134 Å². The minimum atomic E-state index is -3.83. The van der Waals surface area contributed by atoms with Crippen molar-refractivity contribution in [3.63, 3.8) is 0 Å². The third-order valence-corrected chi connectivity index (χ3v) is 5.30. The number of carbonyl (C=O) groups is 1. The van der Waals surface area contributed by atoms with Gasteiger partial charge in [-0.05, 0) is 46.3 Å². The molecule has 0 fully saturated rings. The Balaban J connectivity index is 2.40. The van der Waals surface area contributed by atoms with Crippen molar-refractivity contribution in [1.29, 1.82) is 0 Å². The molecule has 110 valence electrons. The second-order valence-electron chi connectivity index (χ2n) is 4.04. The van der Waals surface area contributed by atoms with Crippen molar-refractivity contribution in [2.75, 3.05) is 4.72 Å². The minimum Gasteiger partial charge on any atom is -0.478 e. The number of anilines is 1. The van der Waals surface area contributed by atoms with Crippen molar-refractivity contribution >= 4 is 49.2 Å². The van der Waals surface area contributed by atoms with Gasteiger partial charge in [0.2, 0.25) is 0 Å². The van der Waals surface area contributed by atoms with Crippen molar-refractivity contribution < 1.29 is 18.3 Å². The molecule has 0 heterocycles. The Morgan fingerprint density at radius 1 is 1.19 bits per heavy atom. The average molecular weight is 391 g/mol. The topological polar surface area (TPSA) is 83.5 Å². The SMILES string of the molecule is O=C(O)c1cc(NS(=O)(=O)c2ccccc2Br)ccc1Cl. The van der Waals surface area contributed by atoms with Gasteiger partial charge in [-0.1, -0.05) is 23.7 Å². The van der Waals surface area contributed by atoms with Gasteiger partial charge in [-0.25, -0.2) is 13.2 Å². The fourth-order valence-electron chi connectivity index (χ4n) is 1.63. The molecule has 21 heavy (non-hydrogen) atoms. The maximum atomic E-state index is 12.3. The number of hydrogen-bond donors (Lipinski definition) is 2. The third kappa shape index (κ3) is 3.55. The van der Waals surface area contributed by atoms with Gasteiger partial charge in [-0.15, -0.1) is 0 Å². The highest BCUT2D eigenvalue weighted by atomic mass is 79.9. The van der Waals surface area contributed by atoms with E-state index in [1.54, 1.807) is 18.2 Å². The summed E-state index contributed by atoms with van der Waals surface area (Å²) in [5, 5.41) is 9.01. The van der Waals surface area contributed by atoms with Crippen LogP contribution in [0.1, 0.15) is 10.4 Å². The number of nitrogens with one attached hydrogen (secondary N) is 1. The van der Waals surface area contributed by atoms with Crippen LogP contribution < -0.4 is 4.72 Å². The van der Waals surface area contributed by atoms with Crippen molar-refractivity contribution in [2.45, 2.75) is 4.90 Å². The van der Waals surface area contributed by atoms with Gasteiger partial charge in [-0.2, -0.15) is 0 Å². The highest BCUT2D eigenvalue weighted by Gasteiger charge is 2.18. The lowest BCUT2D eigenvalue weighted by Crippen LogP contribution is -2.14. The van der Waals surface area contributed by atoms with Gasteiger partial charge < -0.3 is 5.11 Å². The summed E-state index contributed by atoms with van der Waals surface area (Å²) in [4.78, 5) is 11.0. The minimum absolute atomic E-state index is 0.0336. The van der Waals surface area contributed by atoms with Gasteiger partial charge in [0.25, 0.3) is 10.0 Å². The van der Waals surface area contributed by atoms with Gasteiger partial charge in [0.15, 0.2) is 0 Å². The summed E-state index contributed by atoms with van der Waals surface area (Å²) >= 11 is 8.90. The van der Waals surface area contributed by atoms with E-state index in [4.69, 9.17) is 16.7 Å². The Morgan fingerprint density at radius 2 is 1.86 bits per heavy atom. The first-order chi connectivity index (χ1) is 9.81. The first-order valence-electron chi connectivity index (χ1n) is 5.61. The maximum Gasteiger partial charge on any atom is 0.337 e. The standard InChI is InChI=1S/C13H9BrClNO4S/c14-10-3-1-2-4-12(10)21(19,20)16-8-5-6-11(15)9(7-8)13(17)18/h1-7,16H,(H,17,18). The first-order valence-corrected chi connectivity index (χ1v) is 8.27. The van der Waals surface area contributed by atoms with Gasteiger partial charge >= 0.3 is 5.97 Å². The predicted molar refractivity (Wildman–Crippen MR) is 83.4 cm³/mol. The van der Waals surface area contributed by atoms with E-state index in [0.717, 1.165) is 0 Å². The Hall–Kier alpha value is -1.57. The monoisotopic (exact) mass is 389 g/mol. The molecule has 0 saturated carbocycles. The van der Waals surface area contributed by atoms with E-state index in [2.05, 4.69) is 20.7 Å². The van der Waals surface area contributed by atoms with E-state index < -0.39 is 16.0 Å². The molecule has 0 aliphatic rings. The zero-order chi connectivity index (χ0) is 15.6. The summed E-state index contributed by atoms with van der Waals surface area (Å²) in [5.41, 5.74) is -0.0588. The number of halogens is 2. The van der Waals surface area contributed by atoms with Gasteiger partial charge in [-0.3, -0.25) is 4.72 Å². The zero-order valence-electron chi connectivity index (χ0n) is 10.4. The lowest BCUT2D eigenvalue weighted by Gasteiger charge is -2.10. The van der Waals surface area contributed by atoms with Gasteiger partial charge in [0, 0.05) is 10.2 Å². The van der Waals surface area contributed by atoms with Crippen molar-refractivity contribution in [3.8, 4) is 0 Å². The molecular weight excluding hydrogens is 382 g/mol. The molecule has 2 aromatic rings. The Morgan fingerprint density at radius 3 is 2.48 bits per heavy atom. The predicted octanol–water partition coefficient (Wildman–Crippen LogP) is 3.60. The molecule has 5 nitrogen and oxygen atoms in total. The molecule has 2 rings (SSSR count). The molecule has 0 aliphatic carbocycles. The number of rotatable bonds is 4. The van der Waals surface area contributed by atoms with Crippen LogP contribution in [0, 0.1) is 0 Å². The number of carboxylic acid groups (broad SMARTS) is 1. The van der Waals surface area contributed by atoms with E-state index >= 15 is 0 Å². The maximum absolute atomic E-state index is 12.3. The summed E-state index contributed by atoms with van der Waals surface area (Å²) in [7, 11) is -3.83. The molecule has 0 radical (unpaired) electrons. The van der Waals surface area contributed by atoms with E-state index in [0.29, 0.717) is 4.47 Å². The Kier molecular flexibility index (Phi) is 4.55. The van der Waals surface area contributed by atoms with Crippen LogP contribution in [0.25, 0.3) is 0 Å². The number of benzene rings is 2. The highest BCUT2D eigenvalue weighted by Crippen LogP contribution is 2.26. The number of hydrogen-bond acceptors (Lipinski definition) is 3. The fraction of sp³-hybridized carbons (Fsp3) is 0. The molecule has 0 amide bonds. The molecule has 0 spiro atoms. The lowest BCUT2D eigenvalue weighted by atomic mass is 10.2. The molecule has 2 N–H and O–H groups in total. The molecule has 0 aromatic heterocycles. The normalized spacial score (nSPS) is 11.1. The molecule has 0 aliphatic heterocycles. The van der Waals surface area contributed by atoms with Crippen LogP contribution >= 0.6 is 27.5 Å². The van der Waals surface area contributed by atoms with Gasteiger partial charge in [0.05, 0.1) is 10.6 Å². The molecule has 0 bridgehead atoms. The van der Waals surface area contributed by atoms with Crippen LogP contribution in [0.5, 0.6) is 0 Å². The second-order valence-corrected chi connectivity index (χ2v) is 6.95.